The Hall–Kier alpha value is 1.35. The van der Waals surface area contributed by atoms with Gasteiger partial charge >= 0.3 is 0 Å². The van der Waals surface area contributed by atoms with Gasteiger partial charge in [-0.2, -0.15) is 0 Å². The van der Waals surface area contributed by atoms with E-state index in [-0.39, 0.29) is 39.8 Å². The molecule has 6 fully saturated rings. The van der Waals surface area contributed by atoms with Crippen molar-refractivity contribution in [2.24, 2.45) is 0 Å². The fourth-order valence-electron chi connectivity index (χ4n) is 10.6. The minimum absolute atomic E-state index is 0. The summed E-state index contributed by atoms with van der Waals surface area (Å²) in [5.74, 6) is 0. The molecule has 0 heterocycles. The molecule has 0 unspecified atom stereocenters. The Balaban J connectivity index is 0.000000210. The topological polar surface area (TPSA) is 0 Å². The van der Waals surface area contributed by atoms with Gasteiger partial charge in [0.05, 0.1) is 34.0 Å². The molecular formula is C37H71NiP2+. The molecule has 0 aliphatic heterocycles. The SMILES string of the molecule is C1CCC([PH+](C2CCCCC2)C2CCCCC2)CC1.C1CCC([PH+](C2CCCCC2)C2CCCCC2)CC1.[CH3-].[Ni]. The first-order valence-corrected chi connectivity index (χ1v) is 22.1. The number of rotatable bonds is 6. The molecule has 0 aromatic carbocycles. The second-order valence-corrected chi connectivity index (χ2v) is 21.9. The normalized spacial score (nSPS) is 27.4. The molecule has 0 bridgehead atoms. The molecule has 6 aliphatic carbocycles. The standard InChI is InChI=1S/2C18H33P.CH3.Ni/c2*1-4-10-16(11-5-1)19(17-12-6-2-7-13-17)18-14-8-3-9-15-18;;/h2*16-18H,1-15H2;1H3;/q;;-1;/p+2. The van der Waals surface area contributed by atoms with Crippen LogP contribution in [0.25, 0.3) is 0 Å². The minimum Gasteiger partial charge on any atom is -0.358 e. The molecule has 0 N–H and O–H groups in total. The maximum absolute atomic E-state index is 1.63. The summed E-state index contributed by atoms with van der Waals surface area (Å²) in [6, 6.07) is 0. The van der Waals surface area contributed by atoms with Crippen molar-refractivity contribution in [3.8, 4) is 0 Å². The summed E-state index contributed by atoms with van der Waals surface area (Å²) in [5.41, 5.74) is 7.36. The van der Waals surface area contributed by atoms with E-state index in [1.165, 1.54) is 34.0 Å². The van der Waals surface area contributed by atoms with Gasteiger partial charge in [-0.3, -0.25) is 0 Å². The van der Waals surface area contributed by atoms with E-state index in [9.17, 15) is 0 Å². The third-order valence-corrected chi connectivity index (χ3v) is 21.6. The van der Waals surface area contributed by atoms with E-state index in [0.29, 0.717) is 0 Å². The van der Waals surface area contributed by atoms with Crippen LogP contribution >= 0.6 is 15.8 Å². The summed E-state index contributed by atoms with van der Waals surface area (Å²) in [6.45, 7) is 0. The molecule has 0 spiro atoms. The fraction of sp³-hybridized carbons (Fsp3) is 0.973. The summed E-state index contributed by atoms with van der Waals surface area (Å²) in [4.78, 5) is 0. The molecule has 0 saturated heterocycles. The molecule has 3 heteroatoms. The Kier molecular flexibility index (Phi) is 18.3. The molecule has 0 atom stereocenters. The third kappa shape index (κ3) is 10.8. The van der Waals surface area contributed by atoms with Crippen molar-refractivity contribution in [3.63, 3.8) is 0 Å². The van der Waals surface area contributed by atoms with E-state index in [4.69, 9.17) is 0 Å². The average Bonchev–Trinajstić information content (AvgIpc) is 3.01. The fourth-order valence-corrected chi connectivity index (χ4v) is 21.1. The van der Waals surface area contributed by atoms with Crippen LogP contribution in [0.3, 0.4) is 0 Å². The maximum Gasteiger partial charge on any atom is 0.0680 e. The Bertz CT molecular complexity index is 464. The Labute approximate surface area is 265 Å². The van der Waals surface area contributed by atoms with Gasteiger partial charge in [0.2, 0.25) is 0 Å². The van der Waals surface area contributed by atoms with Gasteiger partial charge in [-0.15, -0.1) is 0 Å². The van der Waals surface area contributed by atoms with E-state index in [2.05, 4.69) is 0 Å². The Morgan fingerprint density at radius 3 is 0.475 bits per heavy atom. The van der Waals surface area contributed by atoms with Crippen LogP contribution in [0.5, 0.6) is 0 Å². The first-order chi connectivity index (χ1) is 18.9. The zero-order valence-corrected chi connectivity index (χ0v) is 30.0. The van der Waals surface area contributed by atoms with Gasteiger partial charge in [-0.05, 0) is 154 Å². The van der Waals surface area contributed by atoms with Crippen molar-refractivity contribution >= 4 is 15.8 Å². The molecule has 6 aliphatic rings. The van der Waals surface area contributed by atoms with Crippen LogP contribution in [0.2, 0.25) is 0 Å². The predicted molar refractivity (Wildman–Crippen MR) is 184 cm³/mol. The molecule has 0 aromatic rings. The summed E-state index contributed by atoms with van der Waals surface area (Å²) in [6.07, 6.45) is 47.6. The molecular weight excluding hydrogens is 565 g/mol. The molecule has 6 rings (SSSR count). The molecule has 238 valence electrons. The average molecular weight is 637 g/mol. The summed E-state index contributed by atoms with van der Waals surface area (Å²) < 4.78 is 0. The second-order valence-electron chi connectivity index (χ2n) is 15.0. The number of hydrogen-bond acceptors (Lipinski definition) is 0. The minimum atomic E-state index is -0.0465. The smallest absolute Gasteiger partial charge is 0.0680 e. The largest absolute Gasteiger partial charge is 0.358 e. The summed E-state index contributed by atoms with van der Waals surface area (Å²) >= 11 is 0. The van der Waals surface area contributed by atoms with Crippen LogP contribution in [-0.4, -0.2) is 34.0 Å². The molecule has 6 saturated carbocycles. The van der Waals surface area contributed by atoms with Gasteiger partial charge in [0.25, 0.3) is 0 Å². The van der Waals surface area contributed by atoms with Gasteiger partial charge in [-0.1, -0.05) is 38.5 Å². The first-order valence-electron chi connectivity index (χ1n) is 18.6. The van der Waals surface area contributed by atoms with Gasteiger partial charge in [0, 0.05) is 32.3 Å². The predicted octanol–water partition coefficient (Wildman–Crippen LogP) is 12.8. The van der Waals surface area contributed by atoms with Gasteiger partial charge in [0.15, 0.2) is 0 Å². The molecule has 0 aromatic heterocycles. The van der Waals surface area contributed by atoms with Crippen molar-refractivity contribution in [2.75, 3.05) is 0 Å². The van der Waals surface area contributed by atoms with Crippen molar-refractivity contribution in [2.45, 2.75) is 227 Å². The monoisotopic (exact) mass is 635 g/mol. The summed E-state index contributed by atoms with van der Waals surface area (Å²) in [7, 11) is -0.0930. The van der Waals surface area contributed by atoms with E-state index >= 15 is 0 Å². The van der Waals surface area contributed by atoms with Crippen LogP contribution in [0.4, 0.5) is 0 Å². The van der Waals surface area contributed by atoms with Crippen LogP contribution in [0.1, 0.15) is 193 Å². The van der Waals surface area contributed by atoms with Crippen molar-refractivity contribution in [1.29, 1.82) is 0 Å². The van der Waals surface area contributed by atoms with E-state index in [0.717, 1.165) is 0 Å². The Morgan fingerprint density at radius 1 is 0.225 bits per heavy atom. The molecule has 0 radical (unpaired) electrons. The Morgan fingerprint density at radius 2 is 0.350 bits per heavy atom. The van der Waals surface area contributed by atoms with Crippen LogP contribution in [-0.2, 0) is 16.5 Å². The molecule has 0 nitrogen and oxygen atoms in total. The van der Waals surface area contributed by atoms with Gasteiger partial charge < -0.3 is 7.43 Å². The quantitative estimate of drug-likeness (QED) is 0.155. The molecule has 0 amide bonds. The first kappa shape index (κ1) is 35.8. The van der Waals surface area contributed by atoms with E-state index in [1.54, 1.807) is 193 Å². The van der Waals surface area contributed by atoms with Crippen molar-refractivity contribution < 1.29 is 16.5 Å². The zero-order chi connectivity index (χ0) is 25.8. The number of hydrogen-bond donors (Lipinski definition) is 0. The van der Waals surface area contributed by atoms with Crippen LogP contribution < -0.4 is 0 Å². The van der Waals surface area contributed by atoms with Crippen molar-refractivity contribution in [3.05, 3.63) is 7.43 Å². The van der Waals surface area contributed by atoms with Gasteiger partial charge in [-0.25, -0.2) is 0 Å². The zero-order valence-electron chi connectivity index (χ0n) is 27.0. The van der Waals surface area contributed by atoms with Gasteiger partial charge in [0.1, 0.15) is 0 Å². The van der Waals surface area contributed by atoms with E-state index in [1.807, 2.05) is 0 Å². The summed E-state index contributed by atoms with van der Waals surface area (Å²) in [5, 5.41) is 0. The molecule has 40 heavy (non-hydrogen) atoms. The van der Waals surface area contributed by atoms with Crippen LogP contribution in [0.15, 0.2) is 0 Å². The van der Waals surface area contributed by atoms with E-state index < -0.39 is 0 Å². The maximum atomic E-state index is 1.63. The third-order valence-electron chi connectivity index (χ3n) is 12.5. The van der Waals surface area contributed by atoms with Crippen LogP contribution in [0, 0.1) is 7.43 Å². The second kappa shape index (κ2) is 20.4. The van der Waals surface area contributed by atoms with Crippen molar-refractivity contribution in [1.82, 2.24) is 0 Å².